The highest BCUT2D eigenvalue weighted by Gasteiger charge is 2.22. The summed E-state index contributed by atoms with van der Waals surface area (Å²) in [5.74, 6) is -0.407. The monoisotopic (exact) mass is 270 g/mol. The third-order valence-electron chi connectivity index (χ3n) is 3.14. The number of halogens is 1. The molecule has 1 aromatic carbocycles. The number of hydrogen-bond acceptors (Lipinski definition) is 3. The van der Waals surface area contributed by atoms with Crippen molar-refractivity contribution in [3.05, 3.63) is 35.1 Å². The maximum atomic E-state index is 13.4. The summed E-state index contributed by atoms with van der Waals surface area (Å²) >= 11 is 4.80. The van der Waals surface area contributed by atoms with Crippen LogP contribution in [-0.4, -0.2) is 34.2 Å². The van der Waals surface area contributed by atoms with Crippen LogP contribution >= 0.6 is 12.2 Å². The molecule has 0 saturated carbocycles. The first kappa shape index (κ1) is 15.0. The fraction of sp³-hybridized carbons (Fsp3) is 0.462. The van der Waals surface area contributed by atoms with Gasteiger partial charge < -0.3 is 10.8 Å². The van der Waals surface area contributed by atoms with E-state index in [4.69, 9.17) is 18.0 Å². The Hall–Kier alpha value is -1.04. The van der Waals surface area contributed by atoms with E-state index in [0.29, 0.717) is 6.54 Å². The summed E-state index contributed by atoms with van der Waals surface area (Å²) in [6, 6.07) is 4.71. The zero-order valence-electron chi connectivity index (χ0n) is 10.9. The summed E-state index contributed by atoms with van der Waals surface area (Å²) in [4.78, 5) is 2.04. The maximum absolute atomic E-state index is 13.4. The molecule has 18 heavy (non-hydrogen) atoms. The first-order valence-electron chi connectivity index (χ1n) is 5.68. The average molecular weight is 270 g/mol. The number of rotatable bonds is 5. The Morgan fingerprint density at radius 1 is 1.50 bits per heavy atom. The second-order valence-corrected chi connectivity index (χ2v) is 5.44. The second kappa shape index (κ2) is 5.73. The van der Waals surface area contributed by atoms with Crippen molar-refractivity contribution in [3.8, 4) is 0 Å². The van der Waals surface area contributed by atoms with E-state index in [1.165, 1.54) is 6.07 Å². The lowest BCUT2D eigenvalue weighted by molar-refractivity contribution is 0.0734. The third-order valence-corrected chi connectivity index (χ3v) is 3.36. The van der Waals surface area contributed by atoms with Crippen LogP contribution in [-0.2, 0) is 6.54 Å². The molecule has 0 bridgehead atoms. The molecule has 1 aromatic rings. The number of hydrogen-bond donors (Lipinski definition) is 2. The lowest BCUT2D eigenvalue weighted by atomic mass is 10.0. The van der Waals surface area contributed by atoms with Crippen molar-refractivity contribution in [2.24, 2.45) is 5.73 Å². The van der Waals surface area contributed by atoms with Gasteiger partial charge in [0.25, 0.3) is 0 Å². The van der Waals surface area contributed by atoms with Crippen LogP contribution in [0.2, 0.25) is 0 Å². The number of thiocarbonyl (C=S) groups is 1. The van der Waals surface area contributed by atoms with Gasteiger partial charge in [0.1, 0.15) is 10.8 Å². The van der Waals surface area contributed by atoms with Gasteiger partial charge in [-0.2, -0.15) is 0 Å². The quantitative estimate of drug-likeness (QED) is 0.799. The highest BCUT2D eigenvalue weighted by Crippen LogP contribution is 2.17. The Labute approximate surface area is 112 Å². The molecule has 0 saturated heterocycles. The fourth-order valence-electron chi connectivity index (χ4n) is 1.47. The molecule has 0 aliphatic rings. The van der Waals surface area contributed by atoms with Gasteiger partial charge in [0.15, 0.2) is 0 Å². The van der Waals surface area contributed by atoms with Crippen molar-refractivity contribution < 1.29 is 9.50 Å². The smallest absolute Gasteiger partial charge is 0.133 e. The van der Waals surface area contributed by atoms with Gasteiger partial charge in [-0.15, -0.1) is 0 Å². The van der Waals surface area contributed by atoms with Crippen molar-refractivity contribution in [1.29, 1.82) is 0 Å². The summed E-state index contributed by atoms with van der Waals surface area (Å²) in [7, 11) is 1.90. The normalized spacial score (nSPS) is 11.9. The number of aliphatic hydroxyl groups is 1. The lowest BCUT2D eigenvalue weighted by Crippen LogP contribution is -2.43. The third kappa shape index (κ3) is 3.48. The molecule has 5 heteroatoms. The standard InChI is InChI=1S/C13H19FN2OS/c1-13(2,8-17)16(3)7-9-4-5-11(14)10(6-9)12(15)18/h4-6,17H,7-8H2,1-3H3,(H2,15,18). The van der Waals surface area contributed by atoms with E-state index >= 15 is 0 Å². The average Bonchev–Trinajstić information content (AvgIpc) is 2.31. The molecule has 0 atom stereocenters. The molecule has 100 valence electrons. The predicted molar refractivity (Wildman–Crippen MR) is 74.9 cm³/mol. The molecular formula is C13H19FN2OS. The minimum Gasteiger partial charge on any atom is -0.394 e. The minimum atomic E-state index is -0.407. The van der Waals surface area contributed by atoms with E-state index in [2.05, 4.69) is 0 Å². The highest BCUT2D eigenvalue weighted by atomic mass is 32.1. The summed E-state index contributed by atoms with van der Waals surface area (Å²) in [5, 5.41) is 9.29. The van der Waals surface area contributed by atoms with E-state index in [-0.39, 0.29) is 22.7 Å². The first-order chi connectivity index (χ1) is 8.27. The molecule has 0 aliphatic heterocycles. The number of benzene rings is 1. The summed E-state index contributed by atoms with van der Waals surface area (Å²) in [6.07, 6.45) is 0. The van der Waals surface area contributed by atoms with E-state index < -0.39 is 5.82 Å². The molecule has 0 fully saturated rings. The molecule has 3 nitrogen and oxygen atoms in total. The molecule has 0 radical (unpaired) electrons. The topological polar surface area (TPSA) is 49.5 Å². The fourth-order valence-corrected chi connectivity index (χ4v) is 1.62. The van der Waals surface area contributed by atoms with Gasteiger partial charge in [-0.1, -0.05) is 18.3 Å². The molecule has 0 unspecified atom stereocenters. The summed E-state index contributed by atoms with van der Waals surface area (Å²) < 4.78 is 13.4. The predicted octanol–water partition coefficient (Wildman–Crippen LogP) is 1.66. The van der Waals surface area contributed by atoms with Crippen molar-refractivity contribution >= 4 is 17.2 Å². The van der Waals surface area contributed by atoms with E-state index in [1.54, 1.807) is 12.1 Å². The van der Waals surface area contributed by atoms with Crippen LogP contribution in [0.4, 0.5) is 4.39 Å². The molecule has 3 N–H and O–H groups in total. The van der Waals surface area contributed by atoms with Gasteiger partial charge in [-0.05, 0) is 38.6 Å². The second-order valence-electron chi connectivity index (χ2n) is 5.01. The van der Waals surface area contributed by atoms with Crippen LogP contribution in [0.5, 0.6) is 0 Å². The van der Waals surface area contributed by atoms with Crippen LogP contribution in [0.1, 0.15) is 25.0 Å². The number of aliphatic hydroxyl groups excluding tert-OH is 1. The van der Waals surface area contributed by atoms with Gasteiger partial charge in [0.2, 0.25) is 0 Å². The Morgan fingerprint density at radius 3 is 2.61 bits per heavy atom. The van der Waals surface area contributed by atoms with Crippen LogP contribution in [0.25, 0.3) is 0 Å². The van der Waals surface area contributed by atoms with Crippen molar-refractivity contribution in [3.63, 3.8) is 0 Å². The van der Waals surface area contributed by atoms with E-state index in [9.17, 15) is 9.50 Å². The van der Waals surface area contributed by atoms with Gasteiger partial charge in [0.05, 0.1) is 6.61 Å². The zero-order valence-corrected chi connectivity index (χ0v) is 11.7. The molecule has 0 amide bonds. The van der Waals surface area contributed by atoms with Gasteiger partial charge in [-0.25, -0.2) is 4.39 Å². The Kier molecular flexibility index (Phi) is 4.78. The first-order valence-corrected chi connectivity index (χ1v) is 6.09. The van der Waals surface area contributed by atoms with Crippen LogP contribution < -0.4 is 5.73 Å². The Balaban J connectivity index is 2.93. The zero-order chi connectivity index (χ0) is 13.9. The molecule has 0 aromatic heterocycles. The van der Waals surface area contributed by atoms with Gasteiger partial charge >= 0.3 is 0 Å². The molecule has 1 rings (SSSR count). The van der Waals surface area contributed by atoms with E-state index in [1.807, 2.05) is 25.8 Å². The number of nitrogens with zero attached hydrogens (tertiary/aromatic N) is 1. The maximum Gasteiger partial charge on any atom is 0.133 e. The largest absolute Gasteiger partial charge is 0.394 e. The molecule has 0 heterocycles. The lowest BCUT2D eigenvalue weighted by Gasteiger charge is -2.34. The molecular weight excluding hydrogens is 251 g/mol. The number of likely N-dealkylation sites (N-methyl/N-ethyl adjacent to an activating group) is 1. The summed E-state index contributed by atoms with van der Waals surface area (Å²) in [6.45, 7) is 4.51. The van der Waals surface area contributed by atoms with E-state index in [0.717, 1.165) is 5.56 Å². The van der Waals surface area contributed by atoms with Crippen molar-refractivity contribution in [2.75, 3.05) is 13.7 Å². The van der Waals surface area contributed by atoms with Crippen molar-refractivity contribution in [1.82, 2.24) is 4.90 Å². The molecule has 0 spiro atoms. The van der Waals surface area contributed by atoms with Gasteiger partial charge in [0, 0.05) is 17.6 Å². The number of nitrogens with two attached hydrogens (primary N) is 1. The van der Waals surface area contributed by atoms with Crippen LogP contribution in [0, 0.1) is 5.82 Å². The van der Waals surface area contributed by atoms with Crippen LogP contribution in [0.15, 0.2) is 18.2 Å². The van der Waals surface area contributed by atoms with Crippen molar-refractivity contribution in [2.45, 2.75) is 25.9 Å². The SMILES string of the molecule is CN(Cc1ccc(F)c(C(N)=S)c1)C(C)(C)CO. The summed E-state index contributed by atoms with van der Waals surface area (Å²) in [5.41, 5.74) is 6.30. The Bertz CT molecular complexity index is 449. The van der Waals surface area contributed by atoms with Crippen LogP contribution in [0.3, 0.4) is 0 Å². The van der Waals surface area contributed by atoms with Gasteiger partial charge in [-0.3, -0.25) is 4.90 Å². The molecule has 0 aliphatic carbocycles. The highest BCUT2D eigenvalue weighted by molar-refractivity contribution is 7.80. The minimum absolute atomic E-state index is 0.0485. The Morgan fingerprint density at radius 2 is 2.11 bits per heavy atom.